The third-order valence-electron chi connectivity index (χ3n) is 3.13. The van der Waals surface area contributed by atoms with Gasteiger partial charge in [0.25, 0.3) is 0 Å². The highest BCUT2D eigenvalue weighted by Crippen LogP contribution is 2.24. The fraction of sp³-hybridized carbons (Fsp3) is 0.900. The van der Waals surface area contributed by atoms with Gasteiger partial charge in [-0.05, 0) is 25.8 Å². The molecule has 2 rings (SSSR count). The second-order valence-electron chi connectivity index (χ2n) is 4.18. The highest BCUT2D eigenvalue weighted by Gasteiger charge is 2.25. The summed E-state index contributed by atoms with van der Waals surface area (Å²) in [4.78, 5) is 11.7. The minimum atomic E-state index is 0.297. The van der Waals surface area contributed by atoms with E-state index in [1.165, 1.54) is 12.8 Å². The zero-order chi connectivity index (χ0) is 9.10. The molecule has 1 aliphatic carbocycles. The van der Waals surface area contributed by atoms with Crippen LogP contribution in [0.4, 0.5) is 0 Å². The van der Waals surface area contributed by atoms with Crippen LogP contribution in [0, 0.1) is 5.92 Å². The lowest BCUT2D eigenvalue weighted by molar-refractivity contribution is -0.125. The number of carbonyl (C=O) groups is 1. The first-order valence-corrected chi connectivity index (χ1v) is 5.37. The Kier molecular flexibility index (Phi) is 2.83. The smallest absolute Gasteiger partial charge is 0.223 e. The van der Waals surface area contributed by atoms with Crippen LogP contribution in [0.3, 0.4) is 0 Å². The van der Waals surface area contributed by atoms with Gasteiger partial charge in [0, 0.05) is 18.5 Å². The maximum Gasteiger partial charge on any atom is 0.223 e. The number of carbonyl (C=O) groups excluding carboxylic acids is 1. The molecule has 3 heteroatoms. The standard InChI is InChI=1S/C10H18N2O/c13-10(8-3-1-2-4-8)12-9-5-6-11-7-9/h8-9,11H,1-7H2,(H,12,13). The fourth-order valence-electron chi connectivity index (χ4n) is 2.28. The number of amides is 1. The summed E-state index contributed by atoms with van der Waals surface area (Å²) in [6.45, 7) is 2.01. The maximum absolute atomic E-state index is 11.7. The van der Waals surface area contributed by atoms with Crippen molar-refractivity contribution >= 4 is 5.91 Å². The third kappa shape index (κ3) is 2.21. The molecule has 2 fully saturated rings. The largest absolute Gasteiger partial charge is 0.352 e. The van der Waals surface area contributed by atoms with Crippen molar-refractivity contribution in [2.24, 2.45) is 5.92 Å². The topological polar surface area (TPSA) is 41.1 Å². The highest BCUT2D eigenvalue weighted by molar-refractivity contribution is 5.79. The Hall–Kier alpha value is -0.570. The Morgan fingerprint density at radius 3 is 2.62 bits per heavy atom. The molecule has 1 saturated heterocycles. The third-order valence-corrected chi connectivity index (χ3v) is 3.13. The lowest BCUT2D eigenvalue weighted by atomic mass is 10.1. The van der Waals surface area contributed by atoms with Crippen molar-refractivity contribution in [2.45, 2.75) is 38.1 Å². The number of hydrogen-bond acceptors (Lipinski definition) is 2. The van der Waals surface area contributed by atoms with Crippen LogP contribution >= 0.6 is 0 Å². The second kappa shape index (κ2) is 4.09. The summed E-state index contributed by atoms with van der Waals surface area (Å²) in [5.41, 5.74) is 0. The molecule has 0 bridgehead atoms. The molecule has 2 aliphatic rings. The Morgan fingerprint density at radius 2 is 2.00 bits per heavy atom. The van der Waals surface area contributed by atoms with Gasteiger partial charge in [0.05, 0.1) is 0 Å². The summed E-state index contributed by atoms with van der Waals surface area (Å²) in [6.07, 6.45) is 5.78. The van der Waals surface area contributed by atoms with Crippen molar-refractivity contribution in [3.8, 4) is 0 Å². The summed E-state index contributed by atoms with van der Waals surface area (Å²) < 4.78 is 0. The predicted octanol–water partition coefficient (Wildman–Crippen LogP) is 0.655. The van der Waals surface area contributed by atoms with Crippen LogP contribution in [0.2, 0.25) is 0 Å². The van der Waals surface area contributed by atoms with Gasteiger partial charge >= 0.3 is 0 Å². The molecule has 0 aromatic rings. The van der Waals surface area contributed by atoms with Crippen LogP contribution in [-0.2, 0) is 4.79 Å². The van der Waals surface area contributed by atoms with Crippen molar-refractivity contribution in [1.82, 2.24) is 10.6 Å². The molecule has 74 valence electrons. The van der Waals surface area contributed by atoms with Crippen molar-refractivity contribution in [3.05, 3.63) is 0 Å². The lowest BCUT2D eigenvalue weighted by Crippen LogP contribution is -2.39. The molecule has 0 spiro atoms. The van der Waals surface area contributed by atoms with Gasteiger partial charge in [-0.15, -0.1) is 0 Å². The van der Waals surface area contributed by atoms with Gasteiger partial charge in [0.1, 0.15) is 0 Å². The highest BCUT2D eigenvalue weighted by atomic mass is 16.1. The molecule has 1 aliphatic heterocycles. The summed E-state index contributed by atoms with van der Waals surface area (Å²) in [7, 11) is 0. The van der Waals surface area contributed by atoms with Crippen molar-refractivity contribution in [3.63, 3.8) is 0 Å². The molecule has 1 heterocycles. The van der Waals surface area contributed by atoms with Gasteiger partial charge in [-0.3, -0.25) is 4.79 Å². The average Bonchev–Trinajstić information content (AvgIpc) is 2.74. The molecule has 0 aromatic heterocycles. The van der Waals surface area contributed by atoms with E-state index in [0.29, 0.717) is 17.9 Å². The molecule has 1 atom stereocenters. The van der Waals surface area contributed by atoms with Gasteiger partial charge in [-0.1, -0.05) is 12.8 Å². The van der Waals surface area contributed by atoms with Crippen LogP contribution in [0.1, 0.15) is 32.1 Å². The quantitative estimate of drug-likeness (QED) is 0.658. The first-order chi connectivity index (χ1) is 6.36. The second-order valence-corrected chi connectivity index (χ2v) is 4.18. The normalized spacial score (nSPS) is 29.4. The molecule has 1 saturated carbocycles. The van der Waals surface area contributed by atoms with E-state index in [1.54, 1.807) is 0 Å². The average molecular weight is 182 g/mol. The van der Waals surface area contributed by atoms with Gasteiger partial charge in [0.2, 0.25) is 5.91 Å². The Bertz CT molecular complexity index is 181. The summed E-state index contributed by atoms with van der Waals surface area (Å²) in [5.74, 6) is 0.617. The Labute approximate surface area is 79.3 Å². The molecular weight excluding hydrogens is 164 g/mol. The van der Waals surface area contributed by atoms with E-state index in [0.717, 1.165) is 32.4 Å². The van der Waals surface area contributed by atoms with Crippen LogP contribution in [0.5, 0.6) is 0 Å². The van der Waals surface area contributed by atoms with E-state index < -0.39 is 0 Å². The van der Waals surface area contributed by atoms with E-state index in [-0.39, 0.29) is 0 Å². The summed E-state index contributed by atoms with van der Waals surface area (Å²) >= 11 is 0. The molecule has 3 nitrogen and oxygen atoms in total. The van der Waals surface area contributed by atoms with Crippen LogP contribution in [0.25, 0.3) is 0 Å². The Balaban J connectivity index is 1.76. The van der Waals surface area contributed by atoms with Gasteiger partial charge < -0.3 is 10.6 Å². The van der Waals surface area contributed by atoms with Gasteiger partial charge in [-0.25, -0.2) is 0 Å². The molecule has 0 radical (unpaired) electrons. The van der Waals surface area contributed by atoms with Crippen LogP contribution in [0.15, 0.2) is 0 Å². The molecule has 0 aromatic carbocycles. The maximum atomic E-state index is 11.7. The summed E-state index contributed by atoms with van der Waals surface area (Å²) in [5, 5.41) is 6.37. The monoisotopic (exact) mass is 182 g/mol. The molecule has 2 N–H and O–H groups in total. The summed E-state index contributed by atoms with van der Waals surface area (Å²) in [6, 6.07) is 0.396. The van der Waals surface area contributed by atoms with E-state index in [2.05, 4.69) is 10.6 Å². The molecule has 1 amide bonds. The zero-order valence-electron chi connectivity index (χ0n) is 8.01. The number of rotatable bonds is 2. The van der Waals surface area contributed by atoms with Crippen molar-refractivity contribution in [2.75, 3.05) is 13.1 Å². The van der Waals surface area contributed by atoms with Gasteiger partial charge in [-0.2, -0.15) is 0 Å². The number of nitrogens with one attached hydrogen (secondary N) is 2. The van der Waals surface area contributed by atoms with E-state index >= 15 is 0 Å². The van der Waals surface area contributed by atoms with Crippen molar-refractivity contribution < 1.29 is 4.79 Å². The van der Waals surface area contributed by atoms with E-state index in [4.69, 9.17) is 0 Å². The molecule has 1 unspecified atom stereocenters. The molecule has 13 heavy (non-hydrogen) atoms. The fourth-order valence-corrected chi connectivity index (χ4v) is 2.28. The SMILES string of the molecule is O=C(NC1CCNC1)C1CCCC1. The predicted molar refractivity (Wildman–Crippen MR) is 51.4 cm³/mol. The van der Waals surface area contributed by atoms with Crippen molar-refractivity contribution in [1.29, 1.82) is 0 Å². The lowest BCUT2D eigenvalue weighted by Gasteiger charge is -2.14. The minimum Gasteiger partial charge on any atom is -0.352 e. The van der Waals surface area contributed by atoms with Crippen LogP contribution < -0.4 is 10.6 Å². The Morgan fingerprint density at radius 1 is 1.23 bits per heavy atom. The zero-order valence-corrected chi connectivity index (χ0v) is 8.01. The first-order valence-electron chi connectivity index (χ1n) is 5.37. The van der Waals surface area contributed by atoms with E-state index in [1.807, 2.05) is 0 Å². The van der Waals surface area contributed by atoms with Crippen LogP contribution in [-0.4, -0.2) is 25.0 Å². The first kappa shape index (κ1) is 9.00. The van der Waals surface area contributed by atoms with E-state index in [9.17, 15) is 4.79 Å². The van der Waals surface area contributed by atoms with Gasteiger partial charge in [0.15, 0.2) is 0 Å². The molecular formula is C10H18N2O. The number of hydrogen-bond donors (Lipinski definition) is 2. The minimum absolute atomic E-state index is 0.297.